The number of rotatable bonds is 5. The number of carbonyl (C=O) groups excluding carboxylic acids is 1. The van der Waals surface area contributed by atoms with Crippen molar-refractivity contribution in [2.24, 2.45) is 5.92 Å². The Bertz CT molecular complexity index is 867. The summed E-state index contributed by atoms with van der Waals surface area (Å²) in [7, 11) is 0. The second kappa shape index (κ2) is 7.03. The first kappa shape index (κ1) is 15.8. The molecule has 1 N–H and O–H groups in total. The molecular formula is C19H20N4O2. The molecule has 1 aliphatic rings. The molecule has 1 aromatic carbocycles. The van der Waals surface area contributed by atoms with E-state index in [1.165, 1.54) is 0 Å². The predicted molar refractivity (Wildman–Crippen MR) is 94.3 cm³/mol. The first-order valence-electron chi connectivity index (χ1n) is 8.56. The predicted octanol–water partition coefficient (Wildman–Crippen LogP) is 2.55. The lowest BCUT2D eigenvalue weighted by Gasteiger charge is -2.09. The molecule has 6 nitrogen and oxygen atoms in total. The fourth-order valence-corrected chi connectivity index (χ4v) is 3.13. The van der Waals surface area contributed by atoms with Crippen LogP contribution >= 0.6 is 0 Å². The fraction of sp³-hybridized carbons (Fsp3) is 0.316. The number of hydrogen-bond acceptors (Lipinski definition) is 4. The van der Waals surface area contributed by atoms with Crippen LogP contribution in [0.15, 0.2) is 48.9 Å². The van der Waals surface area contributed by atoms with Crippen LogP contribution in [0.3, 0.4) is 0 Å². The maximum atomic E-state index is 12.3. The minimum atomic E-state index is -0.0385. The van der Waals surface area contributed by atoms with Gasteiger partial charge in [-0.05, 0) is 42.5 Å². The number of nitrogens with one attached hydrogen (secondary N) is 1. The average Bonchev–Trinajstić information content (AvgIpc) is 3.31. The third kappa shape index (κ3) is 3.39. The normalized spacial score (nSPS) is 17.0. The van der Waals surface area contributed by atoms with Gasteiger partial charge >= 0.3 is 0 Å². The summed E-state index contributed by atoms with van der Waals surface area (Å²) >= 11 is 0. The Hall–Kier alpha value is -2.73. The van der Waals surface area contributed by atoms with Gasteiger partial charge in [0.1, 0.15) is 0 Å². The standard InChI is InChI=1S/C19H20N4O2/c24-19(21-9-6-14-7-11-25-13-14)16-4-2-15(3-5-16)17-12-22-23-10-1-8-20-18(17)23/h1-5,8,10,12,14H,6-7,9,11,13H2,(H,21,24). The summed E-state index contributed by atoms with van der Waals surface area (Å²) in [5, 5.41) is 7.28. The lowest BCUT2D eigenvalue weighted by molar-refractivity contribution is 0.0950. The molecule has 3 aromatic rings. The van der Waals surface area contributed by atoms with Crippen LogP contribution in [0.25, 0.3) is 16.8 Å². The van der Waals surface area contributed by atoms with Crippen LogP contribution < -0.4 is 5.32 Å². The number of fused-ring (bicyclic) bond motifs is 1. The molecule has 0 saturated carbocycles. The van der Waals surface area contributed by atoms with Gasteiger partial charge in [-0.2, -0.15) is 5.10 Å². The van der Waals surface area contributed by atoms with Crippen LogP contribution in [0, 0.1) is 5.92 Å². The number of ether oxygens (including phenoxy) is 1. The summed E-state index contributed by atoms with van der Waals surface area (Å²) in [6, 6.07) is 9.40. The van der Waals surface area contributed by atoms with Crippen LogP contribution in [0.5, 0.6) is 0 Å². The largest absolute Gasteiger partial charge is 0.381 e. The van der Waals surface area contributed by atoms with Gasteiger partial charge in [-0.15, -0.1) is 0 Å². The fourth-order valence-electron chi connectivity index (χ4n) is 3.13. The molecule has 1 unspecified atom stereocenters. The molecule has 1 amide bonds. The number of aromatic nitrogens is 3. The molecule has 1 atom stereocenters. The third-order valence-corrected chi connectivity index (χ3v) is 4.60. The first-order valence-corrected chi connectivity index (χ1v) is 8.56. The van der Waals surface area contributed by atoms with Crippen molar-refractivity contribution in [1.82, 2.24) is 19.9 Å². The molecule has 0 bridgehead atoms. The SMILES string of the molecule is O=C(NCCC1CCOC1)c1ccc(-c2cnn3cccnc23)cc1. The van der Waals surface area contributed by atoms with Crippen LogP contribution in [-0.2, 0) is 4.74 Å². The second-order valence-electron chi connectivity index (χ2n) is 6.30. The molecule has 2 aromatic heterocycles. The summed E-state index contributed by atoms with van der Waals surface area (Å²) in [6.45, 7) is 2.35. The van der Waals surface area contributed by atoms with Gasteiger partial charge in [0.2, 0.25) is 0 Å². The van der Waals surface area contributed by atoms with Crippen molar-refractivity contribution in [3.05, 3.63) is 54.5 Å². The lowest BCUT2D eigenvalue weighted by atomic mass is 10.0. The van der Waals surface area contributed by atoms with Gasteiger partial charge in [0, 0.05) is 43.3 Å². The highest BCUT2D eigenvalue weighted by atomic mass is 16.5. The molecule has 0 spiro atoms. The van der Waals surface area contributed by atoms with Crippen molar-refractivity contribution >= 4 is 11.6 Å². The molecule has 25 heavy (non-hydrogen) atoms. The zero-order valence-electron chi connectivity index (χ0n) is 13.9. The van der Waals surface area contributed by atoms with E-state index in [2.05, 4.69) is 15.4 Å². The Morgan fingerprint density at radius 1 is 1.32 bits per heavy atom. The van der Waals surface area contributed by atoms with Crippen LogP contribution in [0.4, 0.5) is 0 Å². The van der Waals surface area contributed by atoms with E-state index in [4.69, 9.17) is 4.74 Å². The van der Waals surface area contributed by atoms with E-state index in [1.54, 1.807) is 16.9 Å². The van der Waals surface area contributed by atoms with E-state index < -0.39 is 0 Å². The number of nitrogens with zero attached hydrogens (tertiary/aromatic N) is 3. The summed E-state index contributed by atoms with van der Waals surface area (Å²) in [4.78, 5) is 16.6. The molecule has 6 heteroatoms. The van der Waals surface area contributed by atoms with Crippen LogP contribution in [-0.4, -0.2) is 40.3 Å². The van der Waals surface area contributed by atoms with Gasteiger partial charge in [0.25, 0.3) is 5.91 Å². The highest BCUT2D eigenvalue weighted by molar-refractivity contribution is 5.94. The molecule has 1 fully saturated rings. The molecular weight excluding hydrogens is 316 g/mol. The summed E-state index contributed by atoms with van der Waals surface area (Å²) in [5.41, 5.74) is 3.41. The van der Waals surface area contributed by atoms with Gasteiger partial charge in [0.15, 0.2) is 5.65 Å². The zero-order chi connectivity index (χ0) is 17.1. The quantitative estimate of drug-likeness (QED) is 0.777. The highest BCUT2D eigenvalue weighted by Gasteiger charge is 2.15. The van der Waals surface area contributed by atoms with E-state index in [0.717, 1.165) is 42.8 Å². The topological polar surface area (TPSA) is 68.5 Å². The number of amides is 1. The van der Waals surface area contributed by atoms with Gasteiger partial charge < -0.3 is 10.1 Å². The van der Waals surface area contributed by atoms with Crippen molar-refractivity contribution in [3.63, 3.8) is 0 Å². The molecule has 1 saturated heterocycles. The molecule has 1 aliphatic heterocycles. The van der Waals surface area contributed by atoms with Crippen molar-refractivity contribution in [3.8, 4) is 11.1 Å². The van der Waals surface area contributed by atoms with E-state index in [-0.39, 0.29) is 5.91 Å². The number of benzene rings is 1. The summed E-state index contributed by atoms with van der Waals surface area (Å²) in [6.07, 6.45) is 7.47. The Kier molecular flexibility index (Phi) is 4.43. The lowest BCUT2D eigenvalue weighted by Crippen LogP contribution is -2.26. The summed E-state index contributed by atoms with van der Waals surface area (Å²) < 4.78 is 7.09. The minimum Gasteiger partial charge on any atom is -0.381 e. The maximum absolute atomic E-state index is 12.3. The first-order chi connectivity index (χ1) is 12.3. The Morgan fingerprint density at radius 3 is 3.00 bits per heavy atom. The van der Waals surface area contributed by atoms with Crippen molar-refractivity contribution in [2.45, 2.75) is 12.8 Å². The van der Waals surface area contributed by atoms with Crippen molar-refractivity contribution < 1.29 is 9.53 Å². The Morgan fingerprint density at radius 2 is 2.20 bits per heavy atom. The third-order valence-electron chi connectivity index (χ3n) is 4.60. The Labute approximate surface area is 145 Å². The van der Waals surface area contributed by atoms with Crippen molar-refractivity contribution in [1.29, 1.82) is 0 Å². The molecule has 128 valence electrons. The molecule has 4 rings (SSSR count). The van der Waals surface area contributed by atoms with Crippen LogP contribution in [0.2, 0.25) is 0 Å². The van der Waals surface area contributed by atoms with Gasteiger partial charge in [0.05, 0.1) is 6.20 Å². The summed E-state index contributed by atoms with van der Waals surface area (Å²) in [5.74, 6) is 0.536. The van der Waals surface area contributed by atoms with Crippen molar-refractivity contribution in [2.75, 3.05) is 19.8 Å². The van der Waals surface area contributed by atoms with E-state index in [0.29, 0.717) is 18.0 Å². The minimum absolute atomic E-state index is 0.0385. The monoisotopic (exact) mass is 336 g/mol. The average molecular weight is 336 g/mol. The van der Waals surface area contributed by atoms with E-state index >= 15 is 0 Å². The van der Waals surface area contributed by atoms with E-state index in [9.17, 15) is 4.79 Å². The molecule has 0 aliphatic carbocycles. The second-order valence-corrected chi connectivity index (χ2v) is 6.30. The van der Waals surface area contributed by atoms with Crippen LogP contribution in [0.1, 0.15) is 23.2 Å². The molecule has 3 heterocycles. The zero-order valence-corrected chi connectivity index (χ0v) is 13.9. The maximum Gasteiger partial charge on any atom is 0.251 e. The Balaban J connectivity index is 1.41. The number of hydrogen-bond donors (Lipinski definition) is 1. The van der Waals surface area contributed by atoms with Gasteiger partial charge in [-0.3, -0.25) is 4.79 Å². The van der Waals surface area contributed by atoms with Gasteiger partial charge in [-0.25, -0.2) is 9.50 Å². The molecule has 0 radical (unpaired) electrons. The van der Waals surface area contributed by atoms with Gasteiger partial charge in [-0.1, -0.05) is 12.1 Å². The highest BCUT2D eigenvalue weighted by Crippen LogP contribution is 2.23. The van der Waals surface area contributed by atoms with E-state index in [1.807, 2.05) is 36.5 Å². The number of carbonyl (C=O) groups is 1. The smallest absolute Gasteiger partial charge is 0.251 e.